The van der Waals surface area contributed by atoms with Gasteiger partial charge in [0.25, 0.3) is 0 Å². The van der Waals surface area contributed by atoms with Crippen LogP contribution in [0.3, 0.4) is 0 Å². The zero-order valence-electron chi connectivity index (χ0n) is 33.8. The van der Waals surface area contributed by atoms with E-state index in [4.69, 9.17) is 18.5 Å². The van der Waals surface area contributed by atoms with Crippen molar-refractivity contribution in [1.29, 1.82) is 0 Å². The van der Waals surface area contributed by atoms with Crippen LogP contribution in [0, 0.1) is 0 Å². The molecule has 0 aliphatic heterocycles. The number of likely N-dealkylation sites (N-methyl/N-ethyl adjacent to an activating group) is 1. The lowest BCUT2D eigenvalue weighted by atomic mass is 10.1. The molecule has 0 aromatic heterocycles. The highest BCUT2D eigenvalue weighted by Crippen LogP contribution is 2.43. The first-order valence-corrected chi connectivity index (χ1v) is 21.6. The molecule has 0 fully saturated rings. The van der Waals surface area contributed by atoms with Crippen molar-refractivity contribution >= 4 is 19.8 Å². The van der Waals surface area contributed by atoms with Crippen molar-refractivity contribution in [3.8, 4) is 0 Å². The van der Waals surface area contributed by atoms with Crippen LogP contribution in [0.15, 0.2) is 60.8 Å². The quantitative estimate of drug-likeness (QED) is 0.0162. The van der Waals surface area contributed by atoms with E-state index in [2.05, 4.69) is 32.1 Å². The molecule has 0 saturated heterocycles. The van der Waals surface area contributed by atoms with Gasteiger partial charge in [-0.2, -0.15) is 0 Å². The Morgan fingerprint density at radius 3 is 2.00 bits per heavy atom. The molecule has 10 nitrogen and oxygen atoms in total. The van der Waals surface area contributed by atoms with Crippen LogP contribution >= 0.6 is 7.82 Å². The number of rotatable bonds is 35. The Kier molecular flexibility index (Phi) is 32.7. The average molecular weight is 769 g/mol. The summed E-state index contributed by atoms with van der Waals surface area (Å²) in [5.41, 5.74) is 0. The summed E-state index contributed by atoms with van der Waals surface area (Å²) in [6.45, 7) is 4.15. The monoisotopic (exact) mass is 769 g/mol. The van der Waals surface area contributed by atoms with Crippen molar-refractivity contribution in [3.05, 3.63) is 60.8 Å². The number of esters is 2. The SMILES string of the molecule is CCCC/C=C\CCCCCCCC(=O)OC[C@H](COP(=O)(O)OCC[N+](C)(C)C)OC(=O)CCC/C=C\C/C=C\C=C\[C@@H](O)C/C=C\CCCCC. The fourth-order valence-corrected chi connectivity index (χ4v) is 5.58. The van der Waals surface area contributed by atoms with Gasteiger partial charge in [0.15, 0.2) is 6.10 Å². The Labute approximate surface area is 322 Å². The summed E-state index contributed by atoms with van der Waals surface area (Å²) < 4.78 is 34.0. The van der Waals surface area contributed by atoms with E-state index in [0.717, 1.165) is 51.4 Å². The van der Waals surface area contributed by atoms with Gasteiger partial charge in [0.05, 0.1) is 33.9 Å². The lowest BCUT2D eigenvalue weighted by Gasteiger charge is -2.24. The molecule has 11 heteroatoms. The van der Waals surface area contributed by atoms with E-state index in [-0.39, 0.29) is 26.1 Å². The summed E-state index contributed by atoms with van der Waals surface area (Å²) in [4.78, 5) is 35.2. The third-order valence-electron chi connectivity index (χ3n) is 8.10. The second-order valence-corrected chi connectivity index (χ2v) is 16.0. The van der Waals surface area contributed by atoms with Gasteiger partial charge < -0.3 is 24.0 Å². The molecule has 0 heterocycles. The molecule has 0 amide bonds. The third kappa shape index (κ3) is 37.8. The van der Waals surface area contributed by atoms with Crippen molar-refractivity contribution in [3.63, 3.8) is 0 Å². The summed E-state index contributed by atoms with van der Waals surface area (Å²) in [7, 11) is 1.39. The molecule has 2 N–H and O–H groups in total. The van der Waals surface area contributed by atoms with Crippen LogP contribution < -0.4 is 0 Å². The van der Waals surface area contributed by atoms with Gasteiger partial charge in [0.1, 0.15) is 19.8 Å². The molecule has 53 heavy (non-hydrogen) atoms. The summed E-state index contributed by atoms with van der Waals surface area (Å²) in [5.74, 6) is -0.922. The maximum Gasteiger partial charge on any atom is 0.472 e. The maximum atomic E-state index is 12.6. The van der Waals surface area contributed by atoms with Gasteiger partial charge in [-0.3, -0.25) is 18.6 Å². The molecule has 0 spiro atoms. The Morgan fingerprint density at radius 1 is 0.679 bits per heavy atom. The van der Waals surface area contributed by atoms with Gasteiger partial charge in [-0.25, -0.2) is 4.57 Å². The number of hydrogen-bond donors (Lipinski definition) is 2. The highest BCUT2D eigenvalue weighted by atomic mass is 31.2. The predicted molar refractivity (Wildman–Crippen MR) is 216 cm³/mol. The standard InChI is InChI=1S/C42H74NO9P/c1-6-8-10-12-14-15-16-17-21-25-29-33-41(45)49-37-40(38-51-53(47,48)50-36-35-43(3,4)5)52-42(46)34-30-26-22-19-18-20-24-28-32-39(44)31-27-23-13-11-9-7-2/h12,14,19-20,22-24,27-28,32,39-40,44H,6-11,13,15-18,21,25-26,29-31,33-38H2,1-5H3/p+1/b14-12-,22-19-,24-20-,27-23-,32-28+/t39-,40+/m0/s1. The minimum Gasteiger partial charge on any atom is -0.462 e. The van der Waals surface area contributed by atoms with E-state index < -0.39 is 38.6 Å². The summed E-state index contributed by atoms with van der Waals surface area (Å²) >= 11 is 0. The van der Waals surface area contributed by atoms with Crippen LogP contribution in [-0.2, 0) is 32.7 Å². The highest BCUT2D eigenvalue weighted by Gasteiger charge is 2.27. The Hall–Kier alpha value is -2.33. The van der Waals surface area contributed by atoms with Crippen LogP contribution in [0.1, 0.15) is 136 Å². The molecule has 0 aromatic carbocycles. The Bertz CT molecular complexity index is 1110. The molecular weight excluding hydrogens is 693 g/mol. The first-order chi connectivity index (χ1) is 25.4. The zero-order valence-corrected chi connectivity index (χ0v) is 34.7. The first-order valence-electron chi connectivity index (χ1n) is 20.1. The molecule has 0 aromatic rings. The second kappa shape index (κ2) is 34.2. The van der Waals surface area contributed by atoms with Crippen LogP contribution in [-0.4, -0.2) is 86.1 Å². The van der Waals surface area contributed by atoms with E-state index in [9.17, 15) is 24.2 Å². The van der Waals surface area contributed by atoms with Crippen molar-refractivity contribution in [1.82, 2.24) is 0 Å². The fourth-order valence-electron chi connectivity index (χ4n) is 4.83. The van der Waals surface area contributed by atoms with Crippen molar-refractivity contribution in [2.45, 2.75) is 148 Å². The molecule has 0 aliphatic carbocycles. The van der Waals surface area contributed by atoms with Crippen LogP contribution in [0.25, 0.3) is 0 Å². The van der Waals surface area contributed by atoms with Crippen molar-refractivity contribution in [2.75, 3.05) is 47.5 Å². The number of carbonyl (C=O) groups is 2. The largest absolute Gasteiger partial charge is 0.472 e. The number of quaternary nitrogens is 1. The summed E-state index contributed by atoms with van der Waals surface area (Å²) in [6.07, 6.45) is 35.9. The summed E-state index contributed by atoms with van der Waals surface area (Å²) in [6, 6.07) is 0. The van der Waals surface area contributed by atoms with Gasteiger partial charge >= 0.3 is 19.8 Å². The van der Waals surface area contributed by atoms with Gasteiger partial charge in [-0.1, -0.05) is 120 Å². The second-order valence-electron chi connectivity index (χ2n) is 14.5. The minimum atomic E-state index is -4.40. The van der Waals surface area contributed by atoms with Gasteiger partial charge in [0.2, 0.25) is 0 Å². The lowest BCUT2D eigenvalue weighted by molar-refractivity contribution is -0.870. The number of phosphoric ester groups is 1. The fraction of sp³-hybridized carbons (Fsp3) is 0.714. The molecule has 0 rings (SSSR count). The average Bonchev–Trinajstić information content (AvgIpc) is 3.10. The number of carbonyl (C=O) groups excluding carboxylic acids is 2. The molecule has 0 saturated carbocycles. The molecular formula is C42H75NO9P+. The zero-order chi connectivity index (χ0) is 39.5. The molecule has 0 radical (unpaired) electrons. The highest BCUT2D eigenvalue weighted by molar-refractivity contribution is 7.47. The van der Waals surface area contributed by atoms with E-state index in [1.807, 2.05) is 57.6 Å². The number of aliphatic hydroxyl groups excluding tert-OH is 1. The first kappa shape index (κ1) is 50.7. The van der Waals surface area contributed by atoms with Crippen molar-refractivity contribution < 1.29 is 47.2 Å². The number of hydrogen-bond acceptors (Lipinski definition) is 8. The number of unbranched alkanes of at least 4 members (excludes halogenated alkanes) is 11. The lowest BCUT2D eigenvalue weighted by Crippen LogP contribution is -2.37. The van der Waals surface area contributed by atoms with E-state index in [0.29, 0.717) is 36.7 Å². The third-order valence-corrected chi connectivity index (χ3v) is 9.08. The van der Waals surface area contributed by atoms with Gasteiger partial charge in [0, 0.05) is 12.8 Å². The van der Waals surface area contributed by atoms with Crippen LogP contribution in [0.2, 0.25) is 0 Å². The topological polar surface area (TPSA) is 129 Å². The van der Waals surface area contributed by atoms with E-state index >= 15 is 0 Å². The Morgan fingerprint density at radius 2 is 1.28 bits per heavy atom. The molecule has 306 valence electrons. The Balaban J connectivity index is 4.61. The van der Waals surface area contributed by atoms with Gasteiger partial charge in [-0.15, -0.1) is 0 Å². The molecule has 1 unspecified atom stereocenters. The smallest absolute Gasteiger partial charge is 0.462 e. The predicted octanol–water partition coefficient (Wildman–Crippen LogP) is 9.87. The number of ether oxygens (including phenoxy) is 2. The summed E-state index contributed by atoms with van der Waals surface area (Å²) in [5, 5.41) is 10.0. The number of aliphatic hydroxyl groups is 1. The molecule has 0 aliphatic rings. The maximum absolute atomic E-state index is 12.6. The van der Waals surface area contributed by atoms with E-state index in [1.54, 1.807) is 6.08 Å². The van der Waals surface area contributed by atoms with E-state index in [1.165, 1.54) is 32.1 Å². The van der Waals surface area contributed by atoms with Gasteiger partial charge in [-0.05, 0) is 64.2 Å². The molecule has 3 atom stereocenters. The minimum absolute atomic E-state index is 0.00658. The van der Waals surface area contributed by atoms with Crippen molar-refractivity contribution in [2.24, 2.45) is 0 Å². The molecule has 0 bridgehead atoms. The number of phosphoric acid groups is 1. The normalized spacial score (nSPS) is 14.9. The van der Waals surface area contributed by atoms with Crippen LogP contribution in [0.5, 0.6) is 0 Å². The number of allylic oxidation sites excluding steroid dienone is 8. The van der Waals surface area contributed by atoms with Crippen LogP contribution in [0.4, 0.5) is 0 Å². The number of nitrogens with zero attached hydrogens (tertiary/aromatic N) is 1.